The Kier molecular flexibility index (Phi) is 22.9. The van der Waals surface area contributed by atoms with Crippen molar-refractivity contribution in [1.29, 1.82) is 0 Å². The van der Waals surface area contributed by atoms with Gasteiger partial charge in [-0.05, 0) is 69.0 Å². The van der Waals surface area contributed by atoms with Gasteiger partial charge in [0.25, 0.3) is 0 Å². The van der Waals surface area contributed by atoms with Crippen LogP contribution in [0.2, 0.25) is 0 Å². The van der Waals surface area contributed by atoms with Gasteiger partial charge >= 0.3 is 0 Å². The maximum absolute atomic E-state index is 10.5. The predicted octanol–water partition coefficient (Wildman–Crippen LogP) is 11.5. The minimum Gasteiger partial charge on any atom is -0.393 e. The first-order chi connectivity index (χ1) is 16.9. The minimum atomic E-state index is -0.146. The van der Waals surface area contributed by atoms with Crippen molar-refractivity contribution in [2.24, 2.45) is 10.8 Å². The lowest BCUT2D eigenvalue weighted by molar-refractivity contribution is 0.143. The molecule has 0 aromatic rings. The fourth-order valence-corrected chi connectivity index (χ4v) is 12.7. The molecule has 0 saturated carbocycles. The van der Waals surface area contributed by atoms with Crippen LogP contribution in [-0.2, 0) is 0 Å². The molecule has 4 unspecified atom stereocenters. The quantitative estimate of drug-likeness (QED) is 0.0922. The highest BCUT2D eigenvalue weighted by molar-refractivity contribution is 9.26. The number of aliphatic hydroxyl groups is 2. The van der Waals surface area contributed by atoms with E-state index in [4.69, 9.17) is 0 Å². The molecule has 4 atom stereocenters. The van der Waals surface area contributed by atoms with E-state index in [0.29, 0.717) is 10.5 Å². The summed E-state index contributed by atoms with van der Waals surface area (Å²) in [6.45, 7) is 18.5. The molecule has 0 amide bonds. The summed E-state index contributed by atoms with van der Waals surface area (Å²) in [7, 11) is 7.83. The zero-order valence-electron chi connectivity index (χ0n) is 25.2. The standard InChI is InChI=1S/C30H62O2S4/c1-9-11-13-15-17-19-25(31)21-23-27(29(3,4)5)33-35-36-34-28(30(6,7)8)24-22-26(32)20-18-16-14-12-10-2/h25-28,31-32H,9-24H2,1-8H3. The van der Waals surface area contributed by atoms with Crippen molar-refractivity contribution in [2.45, 2.75) is 181 Å². The molecule has 0 fully saturated rings. The second kappa shape index (κ2) is 22.1. The van der Waals surface area contributed by atoms with Gasteiger partial charge in [0, 0.05) is 10.5 Å². The monoisotopic (exact) mass is 582 g/mol. The molecule has 0 bridgehead atoms. The summed E-state index contributed by atoms with van der Waals surface area (Å²) in [5.41, 5.74) is 0.461. The summed E-state index contributed by atoms with van der Waals surface area (Å²) in [5.74, 6) is 0. The largest absolute Gasteiger partial charge is 0.393 e. The Labute approximate surface area is 242 Å². The van der Waals surface area contributed by atoms with Crippen LogP contribution in [0.1, 0.15) is 158 Å². The zero-order valence-corrected chi connectivity index (χ0v) is 28.4. The predicted molar refractivity (Wildman–Crippen MR) is 174 cm³/mol. The second-order valence-electron chi connectivity index (χ2n) is 12.9. The van der Waals surface area contributed by atoms with E-state index in [1.54, 1.807) is 0 Å². The fourth-order valence-electron chi connectivity index (χ4n) is 4.32. The van der Waals surface area contributed by atoms with Crippen molar-refractivity contribution in [3.05, 3.63) is 0 Å². The summed E-state index contributed by atoms with van der Waals surface area (Å²) < 4.78 is 0. The molecule has 0 aromatic heterocycles. The molecule has 0 radical (unpaired) electrons. The average Bonchev–Trinajstić information content (AvgIpc) is 2.78. The molecular weight excluding hydrogens is 521 g/mol. The summed E-state index contributed by atoms with van der Waals surface area (Å²) in [6.07, 6.45) is 18.3. The van der Waals surface area contributed by atoms with Crippen molar-refractivity contribution in [3.63, 3.8) is 0 Å². The van der Waals surface area contributed by atoms with Gasteiger partial charge < -0.3 is 10.2 Å². The number of aliphatic hydroxyl groups excluding tert-OH is 2. The number of hydrogen-bond donors (Lipinski definition) is 2. The van der Waals surface area contributed by atoms with Gasteiger partial charge in [0.1, 0.15) is 0 Å². The van der Waals surface area contributed by atoms with Crippen LogP contribution in [0.3, 0.4) is 0 Å². The molecule has 36 heavy (non-hydrogen) atoms. The van der Waals surface area contributed by atoms with E-state index in [9.17, 15) is 10.2 Å². The Morgan fingerprint density at radius 3 is 1.11 bits per heavy atom. The third-order valence-corrected chi connectivity index (χ3v) is 15.1. The third kappa shape index (κ3) is 21.2. The van der Waals surface area contributed by atoms with Crippen LogP contribution in [0.25, 0.3) is 0 Å². The first kappa shape index (κ1) is 37.3. The summed E-state index contributed by atoms with van der Waals surface area (Å²) >= 11 is 0. The van der Waals surface area contributed by atoms with Crippen LogP contribution in [0, 0.1) is 10.8 Å². The summed E-state index contributed by atoms with van der Waals surface area (Å²) in [6, 6.07) is 0. The second-order valence-corrected chi connectivity index (χ2v) is 19.1. The van der Waals surface area contributed by atoms with E-state index < -0.39 is 0 Å². The molecule has 0 aliphatic heterocycles. The summed E-state index contributed by atoms with van der Waals surface area (Å²) in [5, 5.41) is 22.1. The molecule has 0 aliphatic carbocycles. The lowest BCUT2D eigenvalue weighted by Crippen LogP contribution is -2.24. The first-order valence-corrected chi connectivity index (χ1v) is 19.9. The van der Waals surface area contributed by atoms with Crippen LogP contribution >= 0.6 is 41.2 Å². The van der Waals surface area contributed by atoms with E-state index >= 15 is 0 Å². The molecule has 6 heteroatoms. The van der Waals surface area contributed by atoms with Gasteiger partial charge in [0.15, 0.2) is 0 Å². The molecule has 218 valence electrons. The van der Waals surface area contributed by atoms with Gasteiger partial charge in [0.2, 0.25) is 0 Å². The van der Waals surface area contributed by atoms with E-state index in [2.05, 4.69) is 55.4 Å². The SMILES string of the molecule is CCCCCCCC(O)CCC(SSSSC(CCC(O)CCCCCCC)C(C)(C)C)C(C)(C)C. The molecule has 0 aromatic carbocycles. The van der Waals surface area contributed by atoms with Crippen LogP contribution in [-0.4, -0.2) is 32.9 Å². The highest BCUT2D eigenvalue weighted by Crippen LogP contribution is 2.53. The van der Waals surface area contributed by atoms with Gasteiger partial charge in [-0.25, -0.2) is 0 Å². The molecule has 0 aliphatic rings. The van der Waals surface area contributed by atoms with Gasteiger partial charge in [-0.3, -0.25) is 0 Å². The van der Waals surface area contributed by atoms with Crippen molar-refractivity contribution in [3.8, 4) is 0 Å². The molecule has 0 rings (SSSR count). The van der Waals surface area contributed by atoms with E-state index in [0.717, 1.165) is 51.4 Å². The molecule has 2 N–H and O–H groups in total. The lowest BCUT2D eigenvalue weighted by atomic mass is 9.88. The van der Waals surface area contributed by atoms with Crippen molar-refractivity contribution in [1.82, 2.24) is 0 Å². The zero-order chi connectivity index (χ0) is 27.5. The lowest BCUT2D eigenvalue weighted by Gasteiger charge is -2.32. The Hall–Kier alpha value is 1.32. The van der Waals surface area contributed by atoms with Crippen LogP contribution in [0.5, 0.6) is 0 Å². The topological polar surface area (TPSA) is 40.5 Å². The third-order valence-electron chi connectivity index (χ3n) is 7.08. The highest BCUT2D eigenvalue weighted by Gasteiger charge is 2.29. The maximum Gasteiger partial charge on any atom is 0.0540 e. The molecular formula is C30H62O2S4. The van der Waals surface area contributed by atoms with Gasteiger partial charge in [0.05, 0.1) is 12.2 Å². The molecule has 0 heterocycles. The molecule has 2 nitrogen and oxygen atoms in total. The normalized spacial score (nSPS) is 16.2. The van der Waals surface area contributed by atoms with Gasteiger partial charge in [-0.2, -0.15) is 0 Å². The first-order valence-electron chi connectivity index (χ1n) is 14.9. The van der Waals surface area contributed by atoms with Gasteiger partial charge in [-0.15, -0.1) is 0 Å². The van der Waals surface area contributed by atoms with E-state index in [1.807, 2.05) is 41.2 Å². The van der Waals surface area contributed by atoms with E-state index in [-0.39, 0.29) is 23.0 Å². The Morgan fingerprint density at radius 2 is 0.806 bits per heavy atom. The minimum absolute atomic E-state index is 0.146. The maximum atomic E-state index is 10.5. The number of unbranched alkanes of at least 4 members (excludes halogenated alkanes) is 8. The van der Waals surface area contributed by atoms with Crippen molar-refractivity contribution >= 4 is 41.2 Å². The Balaban J connectivity index is 4.39. The summed E-state index contributed by atoms with van der Waals surface area (Å²) in [4.78, 5) is 0. The van der Waals surface area contributed by atoms with Crippen molar-refractivity contribution in [2.75, 3.05) is 0 Å². The van der Waals surface area contributed by atoms with Gasteiger partial charge in [-0.1, -0.05) is 141 Å². The average molecular weight is 583 g/mol. The Bertz CT molecular complexity index is 446. The Morgan fingerprint density at radius 1 is 0.472 bits per heavy atom. The smallest absolute Gasteiger partial charge is 0.0540 e. The van der Waals surface area contributed by atoms with E-state index in [1.165, 1.54) is 51.4 Å². The number of rotatable bonds is 23. The van der Waals surface area contributed by atoms with Crippen LogP contribution in [0.4, 0.5) is 0 Å². The molecule has 0 spiro atoms. The van der Waals surface area contributed by atoms with Crippen LogP contribution in [0.15, 0.2) is 0 Å². The molecule has 0 saturated heterocycles. The number of hydrogen-bond acceptors (Lipinski definition) is 6. The fraction of sp³-hybridized carbons (Fsp3) is 1.00. The highest BCUT2D eigenvalue weighted by atomic mass is 33.7. The van der Waals surface area contributed by atoms with Crippen molar-refractivity contribution < 1.29 is 10.2 Å². The van der Waals surface area contributed by atoms with Crippen LogP contribution < -0.4 is 0 Å².